The number of rotatable bonds is 6. The Bertz CT molecular complexity index is 758. The maximum atomic E-state index is 12.3. The van der Waals surface area contributed by atoms with Gasteiger partial charge in [-0.25, -0.2) is 0 Å². The molecule has 0 saturated carbocycles. The maximum absolute atomic E-state index is 12.3. The minimum Gasteiger partial charge on any atom is -0.454 e. The minimum atomic E-state index is -0.186. The highest BCUT2D eigenvalue weighted by Gasteiger charge is 2.20. The van der Waals surface area contributed by atoms with Crippen molar-refractivity contribution in [3.63, 3.8) is 0 Å². The summed E-state index contributed by atoms with van der Waals surface area (Å²) in [6, 6.07) is 5.27. The van der Waals surface area contributed by atoms with E-state index in [1.807, 2.05) is 23.4 Å². The van der Waals surface area contributed by atoms with Crippen LogP contribution in [0, 0.1) is 0 Å². The standard InChI is InChI=1S/C17H18N2O4S/c1-11(20)13-5-15-16(23-10-22-15)6-14(13)18-17(21)8-19(2)7-12-3-4-24-9-12/h3-6,9H,7-8,10H2,1-2H3,(H,18,21). The largest absolute Gasteiger partial charge is 0.454 e. The van der Waals surface area contributed by atoms with Crippen molar-refractivity contribution in [2.45, 2.75) is 13.5 Å². The molecule has 0 saturated heterocycles. The average molecular weight is 346 g/mol. The fourth-order valence-electron chi connectivity index (χ4n) is 2.52. The summed E-state index contributed by atoms with van der Waals surface area (Å²) in [4.78, 5) is 26.0. The van der Waals surface area contributed by atoms with Crippen molar-refractivity contribution in [1.29, 1.82) is 0 Å². The molecule has 3 rings (SSSR count). The van der Waals surface area contributed by atoms with E-state index in [4.69, 9.17) is 9.47 Å². The Morgan fingerprint density at radius 1 is 1.29 bits per heavy atom. The number of nitrogens with zero attached hydrogens (tertiary/aromatic N) is 1. The Labute approximate surface area is 144 Å². The van der Waals surface area contributed by atoms with E-state index in [1.54, 1.807) is 23.5 Å². The zero-order valence-electron chi connectivity index (χ0n) is 13.5. The summed E-state index contributed by atoms with van der Waals surface area (Å²) in [5.41, 5.74) is 2.02. The predicted octanol–water partition coefficient (Wildman–Crippen LogP) is 2.75. The fourth-order valence-corrected chi connectivity index (χ4v) is 3.18. The van der Waals surface area contributed by atoms with Crippen molar-refractivity contribution in [2.24, 2.45) is 0 Å². The van der Waals surface area contributed by atoms with Gasteiger partial charge in [0.05, 0.1) is 12.2 Å². The Morgan fingerprint density at radius 2 is 2.04 bits per heavy atom. The first kappa shape index (κ1) is 16.5. The third kappa shape index (κ3) is 3.74. The van der Waals surface area contributed by atoms with E-state index in [9.17, 15) is 9.59 Å². The summed E-state index contributed by atoms with van der Waals surface area (Å²) in [5, 5.41) is 6.86. The number of amides is 1. The van der Waals surface area contributed by atoms with Crippen molar-refractivity contribution in [2.75, 3.05) is 25.7 Å². The number of carbonyl (C=O) groups excluding carboxylic acids is 2. The third-order valence-corrected chi connectivity index (χ3v) is 4.34. The molecule has 1 aliphatic rings. The second-order valence-electron chi connectivity index (χ2n) is 5.66. The highest BCUT2D eigenvalue weighted by atomic mass is 32.1. The van der Waals surface area contributed by atoms with Crippen LogP contribution in [0.5, 0.6) is 11.5 Å². The Morgan fingerprint density at radius 3 is 2.71 bits per heavy atom. The van der Waals surface area contributed by atoms with Crippen molar-refractivity contribution < 1.29 is 19.1 Å². The van der Waals surface area contributed by atoms with Crippen LogP contribution in [0.3, 0.4) is 0 Å². The molecular weight excluding hydrogens is 328 g/mol. The quantitative estimate of drug-likeness (QED) is 0.815. The molecule has 0 bridgehead atoms. The number of nitrogens with one attached hydrogen (secondary N) is 1. The van der Waals surface area contributed by atoms with Gasteiger partial charge in [-0.05, 0) is 42.4 Å². The first-order chi connectivity index (χ1) is 11.5. The monoisotopic (exact) mass is 346 g/mol. The lowest BCUT2D eigenvalue weighted by Crippen LogP contribution is -2.30. The molecule has 0 unspecified atom stereocenters. The van der Waals surface area contributed by atoms with Gasteiger partial charge in [0.2, 0.25) is 12.7 Å². The topological polar surface area (TPSA) is 67.9 Å². The molecule has 2 heterocycles. The number of hydrogen-bond donors (Lipinski definition) is 1. The van der Waals surface area contributed by atoms with E-state index in [2.05, 4.69) is 10.7 Å². The van der Waals surface area contributed by atoms with E-state index in [0.717, 1.165) is 0 Å². The minimum absolute atomic E-state index is 0.119. The number of ether oxygens (including phenoxy) is 2. The van der Waals surface area contributed by atoms with Crippen molar-refractivity contribution in [3.8, 4) is 11.5 Å². The van der Waals surface area contributed by atoms with Crippen LogP contribution >= 0.6 is 11.3 Å². The first-order valence-corrected chi connectivity index (χ1v) is 8.41. The number of Topliss-reactive ketones (excluding diaryl/α,β-unsaturated/α-hetero) is 1. The summed E-state index contributed by atoms with van der Waals surface area (Å²) < 4.78 is 10.6. The maximum Gasteiger partial charge on any atom is 0.238 e. The first-order valence-electron chi connectivity index (χ1n) is 7.47. The van der Waals surface area contributed by atoms with Crippen molar-refractivity contribution in [3.05, 3.63) is 40.1 Å². The molecule has 0 fully saturated rings. The van der Waals surface area contributed by atoms with E-state index in [0.29, 0.717) is 29.3 Å². The Balaban J connectivity index is 1.68. The normalized spacial score (nSPS) is 12.5. The van der Waals surface area contributed by atoms with Gasteiger partial charge in [0, 0.05) is 18.2 Å². The molecule has 1 amide bonds. The summed E-state index contributed by atoms with van der Waals surface area (Å²) in [5.74, 6) is 0.721. The molecule has 1 aromatic carbocycles. The van der Waals surface area contributed by atoms with Crippen LogP contribution in [0.15, 0.2) is 29.0 Å². The van der Waals surface area contributed by atoms with Crippen LogP contribution in [-0.2, 0) is 11.3 Å². The van der Waals surface area contributed by atoms with Crippen LogP contribution in [0.1, 0.15) is 22.8 Å². The molecular formula is C17H18N2O4S. The number of fused-ring (bicyclic) bond motifs is 1. The van der Waals surface area contributed by atoms with Gasteiger partial charge in [-0.1, -0.05) is 0 Å². The molecule has 1 aromatic heterocycles. The molecule has 24 heavy (non-hydrogen) atoms. The lowest BCUT2D eigenvalue weighted by atomic mass is 10.1. The summed E-state index contributed by atoms with van der Waals surface area (Å²) in [7, 11) is 1.88. The molecule has 1 aliphatic heterocycles. The van der Waals surface area contributed by atoms with E-state index in [1.165, 1.54) is 12.5 Å². The third-order valence-electron chi connectivity index (χ3n) is 3.61. The second kappa shape index (κ2) is 7.02. The zero-order valence-corrected chi connectivity index (χ0v) is 14.3. The van der Waals surface area contributed by atoms with Crippen LogP contribution in [-0.4, -0.2) is 37.0 Å². The van der Waals surface area contributed by atoms with Gasteiger partial charge in [0.25, 0.3) is 0 Å². The molecule has 2 aromatic rings. The lowest BCUT2D eigenvalue weighted by Gasteiger charge is -2.16. The van der Waals surface area contributed by atoms with Gasteiger partial charge in [0.1, 0.15) is 0 Å². The molecule has 0 atom stereocenters. The molecule has 0 spiro atoms. The fraction of sp³-hybridized carbons (Fsp3) is 0.294. The number of anilines is 1. The molecule has 7 heteroatoms. The zero-order chi connectivity index (χ0) is 17.1. The SMILES string of the molecule is CC(=O)c1cc2c(cc1NC(=O)CN(C)Cc1ccsc1)OCO2. The predicted molar refractivity (Wildman–Crippen MR) is 91.9 cm³/mol. The smallest absolute Gasteiger partial charge is 0.238 e. The van der Waals surface area contributed by atoms with Crippen molar-refractivity contribution >= 4 is 28.7 Å². The summed E-state index contributed by atoms with van der Waals surface area (Å²) in [6.45, 7) is 2.49. The number of carbonyl (C=O) groups is 2. The van der Waals surface area contributed by atoms with Gasteiger partial charge in [0.15, 0.2) is 17.3 Å². The van der Waals surface area contributed by atoms with E-state index >= 15 is 0 Å². The van der Waals surface area contributed by atoms with Gasteiger partial charge in [-0.15, -0.1) is 0 Å². The van der Waals surface area contributed by atoms with E-state index < -0.39 is 0 Å². The molecule has 0 aliphatic carbocycles. The lowest BCUT2D eigenvalue weighted by molar-refractivity contribution is -0.117. The molecule has 0 radical (unpaired) electrons. The van der Waals surface area contributed by atoms with Crippen LogP contribution in [0.25, 0.3) is 0 Å². The molecule has 126 valence electrons. The molecule has 6 nitrogen and oxygen atoms in total. The molecule has 1 N–H and O–H groups in total. The average Bonchev–Trinajstić information content (AvgIpc) is 3.16. The van der Waals surface area contributed by atoms with Crippen LogP contribution in [0.4, 0.5) is 5.69 Å². The second-order valence-corrected chi connectivity index (χ2v) is 6.44. The van der Waals surface area contributed by atoms with Gasteiger partial charge in [-0.3, -0.25) is 14.5 Å². The number of hydrogen-bond acceptors (Lipinski definition) is 6. The Hall–Kier alpha value is -2.38. The van der Waals surface area contributed by atoms with Crippen LogP contribution < -0.4 is 14.8 Å². The summed E-state index contributed by atoms with van der Waals surface area (Å²) >= 11 is 1.63. The number of likely N-dealkylation sites (N-methyl/N-ethyl adjacent to an activating group) is 1. The van der Waals surface area contributed by atoms with Crippen molar-refractivity contribution in [1.82, 2.24) is 4.90 Å². The highest BCUT2D eigenvalue weighted by Crippen LogP contribution is 2.37. The van der Waals surface area contributed by atoms with Gasteiger partial charge < -0.3 is 14.8 Å². The highest BCUT2D eigenvalue weighted by molar-refractivity contribution is 7.07. The van der Waals surface area contributed by atoms with Gasteiger partial charge in [-0.2, -0.15) is 11.3 Å². The number of benzene rings is 1. The summed E-state index contributed by atoms with van der Waals surface area (Å²) in [6.07, 6.45) is 0. The Kier molecular flexibility index (Phi) is 4.82. The number of ketones is 1. The number of thiophene rings is 1. The van der Waals surface area contributed by atoms with E-state index in [-0.39, 0.29) is 25.0 Å². The van der Waals surface area contributed by atoms with Crippen LogP contribution in [0.2, 0.25) is 0 Å². The van der Waals surface area contributed by atoms with Gasteiger partial charge >= 0.3 is 0 Å².